The van der Waals surface area contributed by atoms with Crippen LogP contribution >= 0.6 is 11.6 Å². The fourth-order valence-corrected chi connectivity index (χ4v) is 1.86. The van der Waals surface area contributed by atoms with E-state index in [1.807, 2.05) is 0 Å². The van der Waals surface area contributed by atoms with Crippen LogP contribution in [-0.2, 0) is 4.79 Å². The van der Waals surface area contributed by atoms with Crippen molar-refractivity contribution in [2.45, 2.75) is 38.0 Å². The van der Waals surface area contributed by atoms with Crippen LogP contribution in [0.2, 0.25) is 5.02 Å². The number of carbonyl (C=O) groups is 1. The summed E-state index contributed by atoms with van der Waals surface area (Å²) in [5.41, 5.74) is 0.784. The number of carbonyl (C=O) groups excluding carboxylic acids is 1. The van der Waals surface area contributed by atoms with Gasteiger partial charge in [-0.05, 0) is 37.5 Å². The van der Waals surface area contributed by atoms with Gasteiger partial charge in [0, 0.05) is 17.6 Å². The molecule has 5 heteroatoms. The molecule has 1 aromatic carbocycles. The minimum absolute atomic E-state index is 0.00851. The van der Waals surface area contributed by atoms with Crippen LogP contribution in [0.15, 0.2) is 24.3 Å². The normalized spacial score (nSPS) is 17.8. The molecule has 1 fully saturated rings. The fourth-order valence-electron chi connectivity index (χ4n) is 1.74. The third kappa shape index (κ3) is 4.49. The second-order valence-electron chi connectivity index (χ2n) is 4.98. The van der Waals surface area contributed by atoms with E-state index in [2.05, 4.69) is 10.6 Å². The lowest BCUT2D eigenvalue weighted by Gasteiger charge is -2.17. The molecule has 0 bridgehead atoms. The van der Waals surface area contributed by atoms with Gasteiger partial charge in [0.25, 0.3) is 0 Å². The van der Waals surface area contributed by atoms with Gasteiger partial charge in [-0.25, -0.2) is 0 Å². The minimum atomic E-state index is -0.645. The highest BCUT2D eigenvalue weighted by Crippen LogP contribution is 2.19. The van der Waals surface area contributed by atoms with Crippen LogP contribution in [0.1, 0.15) is 31.4 Å². The molecule has 0 spiro atoms. The van der Waals surface area contributed by atoms with Crippen molar-refractivity contribution in [1.29, 1.82) is 0 Å². The number of rotatable bonds is 6. The lowest BCUT2D eigenvalue weighted by molar-refractivity contribution is -0.123. The Labute approximate surface area is 118 Å². The fraction of sp³-hybridized carbons (Fsp3) is 0.500. The van der Waals surface area contributed by atoms with Gasteiger partial charge < -0.3 is 15.7 Å². The van der Waals surface area contributed by atoms with E-state index in [0.717, 1.165) is 18.4 Å². The summed E-state index contributed by atoms with van der Waals surface area (Å²) >= 11 is 5.79. The molecule has 3 N–H and O–H groups in total. The van der Waals surface area contributed by atoms with Crippen molar-refractivity contribution in [2.24, 2.45) is 0 Å². The van der Waals surface area contributed by atoms with E-state index in [1.54, 1.807) is 31.2 Å². The summed E-state index contributed by atoms with van der Waals surface area (Å²) in [5, 5.41) is 16.6. The molecule has 1 aromatic rings. The second-order valence-corrected chi connectivity index (χ2v) is 5.42. The number of nitrogens with one attached hydrogen (secondary N) is 2. The van der Waals surface area contributed by atoms with Gasteiger partial charge in [0.2, 0.25) is 5.91 Å². The Kier molecular flexibility index (Phi) is 4.80. The Balaban J connectivity index is 1.77. The van der Waals surface area contributed by atoms with E-state index in [1.165, 1.54) is 0 Å². The maximum Gasteiger partial charge on any atom is 0.237 e. The van der Waals surface area contributed by atoms with Crippen LogP contribution in [0, 0.1) is 0 Å². The van der Waals surface area contributed by atoms with Crippen molar-refractivity contribution in [2.75, 3.05) is 6.54 Å². The molecule has 1 amide bonds. The van der Waals surface area contributed by atoms with E-state index in [4.69, 9.17) is 11.6 Å². The maximum absolute atomic E-state index is 11.7. The molecule has 2 rings (SSSR count). The van der Waals surface area contributed by atoms with Crippen LogP contribution in [0.4, 0.5) is 0 Å². The first-order valence-electron chi connectivity index (χ1n) is 6.53. The van der Waals surface area contributed by atoms with Gasteiger partial charge in [0.1, 0.15) is 0 Å². The molecule has 0 heterocycles. The molecule has 19 heavy (non-hydrogen) atoms. The van der Waals surface area contributed by atoms with Crippen molar-refractivity contribution in [3.8, 4) is 0 Å². The van der Waals surface area contributed by atoms with Crippen LogP contribution in [0.3, 0.4) is 0 Å². The van der Waals surface area contributed by atoms with Crippen molar-refractivity contribution < 1.29 is 9.90 Å². The number of hydrogen-bond donors (Lipinski definition) is 3. The number of amides is 1. The Morgan fingerprint density at radius 1 is 1.42 bits per heavy atom. The summed E-state index contributed by atoms with van der Waals surface area (Å²) in [6.45, 7) is 2.13. The number of aliphatic hydroxyl groups is 1. The quantitative estimate of drug-likeness (QED) is 0.743. The van der Waals surface area contributed by atoms with Crippen molar-refractivity contribution in [3.63, 3.8) is 0 Å². The van der Waals surface area contributed by atoms with E-state index in [-0.39, 0.29) is 11.9 Å². The Bertz CT molecular complexity index is 432. The average Bonchev–Trinajstić information content (AvgIpc) is 3.20. The van der Waals surface area contributed by atoms with Crippen LogP contribution in [-0.4, -0.2) is 29.6 Å². The molecule has 104 valence electrons. The molecule has 1 aliphatic carbocycles. The predicted molar refractivity (Wildman–Crippen MR) is 75.0 cm³/mol. The molecule has 2 unspecified atom stereocenters. The van der Waals surface area contributed by atoms with Crippen molar-refractivity contribution >= 4 is 17.5 Å². The number of halogens is 1. The number of aliphatic hydroxyl groups excluding tert-OH is 1. The average molecular weight is 283 g/mol. The van der Waals surface area contributed by atoms with Gasteiger partial charge in [-0.15, -0.1) is 0 Å². The molecule has 1 saturated carbocycles. The summed E-state index contributed by atoms with van der Waals surface area (Å²) in [4.78, 5) is 11.7. The molecular formula is C14H19ClN2O2. The highest BCUT2D eigenvalue weighted by atomic mass is 35.5. The molecule has 2 atom stereocenters. The van der Waals surface area contributed by atoms with Crippen molar-refractivity contribution in [1.82, 2.24) is 10.6 Å². The molecule has 0 aliphatic heterocycles. The molecule has 0 radical (unpaired) electrons. The van der Waals surface area contributed by atoms with Gasteiger partial charge in [-0.1, -0.05) is 23.7 Å². The zero-order chi connectivity index (χ0) is 13.8. The van der Waals surface area contributed by atoms with E-state index in [0.29, 0.717) is 17.6 Å². The Hall–Kier alpha value is -1.10. The van der Waals surface area contributed by atoms with E-state index >= 15 is 0 Å². The molecular weight excluding hydrogens is 264 g/mol. The monoisotopic (exact) mass is 282 g/mol. The Morgan fingerprint density at radius 2 is 2.05 bits per heavy atom. The highest BCUT2D eigenvalue weighted by molar-refractivity contribution is 6.30. The van der Waals surface area contributed by atoms with Gasteiger partial charge in [-0.3, -0.25) is 4.79 Å². The molecule has 1 aliphatic rings. The van der Waals surface area contributed by atoms with E-state index in [9.17, 15) is 9.90 Å². The highest BCUT2D eigenvalue weighted by Gasteiger charge is 2.25. The van der Waals surface area contributed by atoms with Crippen LogP contribution in [0.25, 0.3) is 0 Å². The van der Waals surface area contributed by atoms with Crippen LogP contribution < -0.4 is 10.6 Å². The van der Waals surface area contributed by atoms with E-state index < -0.39 is 6.10 Å². The standard InChI is InChI=1S/C14H19ClN2O2/c1-9(14(19)17-12-6-7-12)16-8-13(18)10-2-4-11(15)5-3-10/h2-5,9,12-13,16,18H,6-8H2,1H3,(H,17,19). The SMILES string of the molecule is CC(NCC(O)c1ccc(Cl)cc1)C(=O)NC1CC1. The topological polar surface area (TPSA) is 61.4 Å². The summed E-state index contributed by atoms with van der Waals surface area (Å²) in [7, 11) is 0. The van der Waals surface area contributed by atoms with Gasteiger partial charge in [0.05, 0.1) is 12.1 Å². The number of hydrogen-bond acceptors (Lipinski definition) is 3. The molecule has 0 saturated heterocycles. The van der Waals surface area contributed by atoms with Crippen LogP contribution in [0.5, 0.6) is 0 Å². The minimum Gasteiger partial charge on any atom is -0.387 e. The zero-order valence-corrected chi connectivity index (χ0v) is 11.7. The molecule has 4 nitrogen and oxygen atoms in total. The maximum atomic E-state index is 11.7. The third-order valence-electron chi connectivity index (χ3n) is 3.19. The van der Waals surface area contributed by atoms with Crippen molar-refractivity contribution in [3.05, 3.63) is 34.9 Å². The lowest BCUT2D eigenvalue weighted by Crippen LogP contribution is -2.44. The first kappa shape index (κ1) is 14.3. The third-order valence-corrected chi connectivity index (χ3v) is 3.44. The predicted octanol–water partition coefficient (Wildman–Crippen LogP) is 1.63. The largest absolute Gasteiger partial charge is 0.387 e. The summed E-state index contributed by atoms with van der Waals surface area (Å²) in [6.07, 6.45) is 1.51. The summed E-state index contributed by atoms with van der Waals surface area (Å²) in [5.74, 6) is -0.00851. The zero-order valence-electron chi connectivity index (χ0n) is 10.9. The summed E-state index contributed by atoms with van der Waals surface area (Å²) < 4.78 is 0. The Morgan fingerprint density at radius 3 is 2.63 bits per heavy atom. The molecule has 0 aromatic heterocycles. The van der Waals surface area contributed by atoms with Gasteiger partial charge in [0.15, 0.2) is 0 Å². The smallest absolute Gasteiger partial charge is 0.237 e. The summed E-state index contributed by atoms with van der Waals surface area (Å²) in [6, 6.07) is 7.10. The lowest BCUT2D eigenvalue weighted by atomic mass is 10.1. The van der Waals surface area contributed by atoms with Gasteiger partial charge >= 0.3 is 0 Å². The first-order chi connectivity index (χ1) is 9.06. The number of benzene rings is 1. The first-order valence-corrected chi connectivity index (χ1v) is 6.91. The second kappa shape index (κ2) is 6.37. The van der Waals surface area contributed by atoms with Gasteiger partial charge in [-0.2, -0.15) is 0 Å².